The Hall–Kier alpha value is -3.34. The number of ether oxygens (including phenoxy) is 1. The number of hydrogen-bond acceptors (Lipinski definition) is 5. The van der Waals surface area contributed by atoms with Crippen molar-refractivity contribution in [3.63, 3.8) is 0 Å². The maximum atomic E-state index is 13.6. The lowest BCUT2D eigenvalue weighted by atomic mass is 9.92. The first kappa shape index (κ1) is 21.4. The van der Waals surface area contributed by atoms with E-state index in [0.717, 1.165) is 0 Å². The largest absolute Gasteiger partial charge is 0.493 e. The molecule has 6 nitrogen and oxygen atoms in total. The van der Waals surface area contributed by atoms with Gasteiger partial charge in [-0.1, -0.05) is 6.07 Å². The Morgan fingerprint density at radius 1 is 1.33 bits per heavy atom. The molecule has 3 aromatic heterocycles. The smallest absolute Gasteiger partial charge is 0.185 e. The maximum Gasteiger partial charge on any atom is 0.185 e. The molecule has 0 amide bonds. The number of carbonyl (C=O) groups is 1. The first-order valence-electron chi connectivity index (χ1n) is 9.55. The van der Waals surface area contributed by atoms with Crippen LogP contribution in [0.2, 0.25) is 0 Å². The van der Waals surface area contributed by atoms with Crippen LogP contribution >= 0.6 is 0 Å². The van der Waals surface area contributed by atoms with Crippen LogP contribution < -0.4 is 4.74 Å². The van der Waals surface area contributed by atoms with Gasteiger partial charge in [-0.15, -0.1) is 0 Å². The van der Waals surface area contributed by atoms with Gasteiger partial charge in [0, 0.05) is 30.4 Å². The molecule has 0 N–H and O–H groups in total. The van der Waals surface area contributed by atoms with Crippen molar-refractivity contribution in [1.29, 1.82) is 5.26 Å². The normalized spacial score (nSPS) is 12.5. The second kappa shape index (κ2) is 8.57. The predicted octanol–water partition coefficient (Wildman–Crippen LogP) is 4.33. The quantitative estimate of drug-likeness (QED) is 0.514. The van der Waals surface area contributed by atoms with Gasteiger partial charge >= 0.3 is 0 Å². The molecule has 0 saturated heterocycles. The van der Waals surface area contributed by atoms with Gasteiger partial charge in [-0.2, -0.15) is 5.26 Å². The highest BCUT2D eigenvalue weighted by Gasteiger charge is 2.24. The summed E-state index contributed by atoms with van der Waals surface area (Å²) in [6, 6.07) is 8.24. The third kappa shape index (κ3) is 4.30. The molecule has 0 fully saturated rings. The molecule has 0 aliphatic carbocycles. The molecule has 1 atom stereocenters. The van der Waals surface area contributed by atoms with E-state index in [2.05, 4.69) is 16.0 Å². The van der Waals surface area contributed by atoms with E-state index >= 15 is 0 Å². The van der Waals surface area contributed by atoms with Gasteiger partial charge in [-0.25, -0.2) is 18.7 Å². The lowest BCUT2D eigenvalue weighted by molar-refractivity contribution is 0.0986. The second-order valence-corrected chi connectivity index (χ2v) is 7.39. The Morgan fingerprint density at radius 2 is 2.10 bits per heavy atom. The number of fused-ring (bicyclic) bond motifs is 1. The molecule has 30 heavy (non-hydrogen) atoms. The highest BCUT2D eigenvalue weighted by atomic mass is 19.2. The molecule has 3 aromatic rings. The van der Waals surface area contributed by atoms with Gasteiger partial charge in [0.05, 0.1) is 29.5 Å². The maximum absolute atomic E-state index is 13.6. The second-order valence-electron chi connectivity index (χ2n) is 7.39. The summed E-state index contributed by atoms with van der Waals surface area (Å²) in [6.45, 7) is 4.57. The number of ketones is 1. The first-order valence-corrected chi connectivity index (χ1v) is 9.55. The summed E-state index contributed by atoms with van der Waals surface area (Å²) in [7, 11) is 0. The minimum Gasteiger partial charge on any atom is -0.493 e. The molecule has 0 aromatic carbocycles. The van der Waals surface area contributed by atoms with Crippen molar-refractivity contribution in [1.82, 2.24) is 14.4 Å². The molecule has 156 valence electrons. The number of imidazole rings is 1. The number of nitriles is 1. The molecule has 0 bridgehead atoms. The zero-order chi connectivity index (χ0) is 21.9. The minimum atomic E-state index is -1.86. The monoisotopic (exact) mass is 412 g/mol. The van der Waals surface area contributed by atoms with Gasteiger partial charge in [0.15, 0.2) is 12.0 Å². The Kier molecular flexibility index (Phi) is 6.11. The van der Waals surface area contributed by atoms with Crippen molar-refractivity contribution >= 4 is 11.4 Å². The molecule has 3 rings (SSSR count). The average Bonchev–Trinajstić information content (AvgIpc) is 3.17. The lowest BCUT2D eigenvalue weighted by Gasteiger charge is -2.11. The fraction of sp³-hybridized carbons (Fsp3) is 0.364. The van der Waals surface area contributed by atoms with E-state index < -0.39 is 18.3 Å². The van der Waals surface area contributed by atoms with Gasteiger partial charge in [-0.3, -0.25) is 4.79 Å². The molecule has 0 spiro atoms. The van der Waals surface area contributed by atoms with E-state index in [0.29, 0.717) is 29.3 Å². The van der Waals surface area contributed by atoms with Crippen LogP contribution in [0.25, 0.3) is 5.65 Å². The lowest BCUT2D eigenvalue weighted by Crippen LogP contribution is -2.14. The predicted molar refractivity (Wildman–Crippen MR) is 107 cm³/mol. The minimum absolute atomic E-state index is 0.0382. The van der Waals surface area contributed by atoms with E-state index in [1.165, 1.54) is 18.2 Å². The van der Waals surface area contributed by atoms with Gasteiger partial charge in [0.25, 0.3) is 0 Å². The Morgan fingerprint density at radius 3 is 2.77 bits per heavy atom. The number of rotatable bonds is 8. The van der Waals surface area contributed by atoms with Crippen molar-refractivity contribution in [3.8, 4) is 11.8 Å². The van der Waals surface area contributed by atoms with Crippen molar-refractivity contribution in [2.24, 2.45) is 0 Å². The van der Waals surface area contributed by atoms with Crippen LogP contribution in [0.15, 0.2) is 36.7 Å². The molecule has 0 aliphatic rings. The van der Waals surface area contributed by atoms with E-state index in [4.69, 9.17) is 4.74 Å². The summed E-state index contributed by atoms with van der Waals surface area (Å²) in [5.74, 6) is 0.148. The molecule has 0 saturated carbocycles. The topological polar surface area (TPSA) is 80.3 Å². The number of nitrogens with zero attached hydrogens (tertiary/aromatic N) is 4. The van der Waals surface area contributed by atoms with E-state index in [9.17, 15) is 18.8 Å². The van der Waals surface area contributed by atoms with Gasteiger partial charge in [-0.05, 0) is 32.9 Å². The summed E-state index contributed by atoms with van der Waals surface area (Å²) in [6.07, 6.45) is 1.58. The summed E-state index contributed by atoms with van der Waals surface area (Å²) >= 11 is 0. The Balaban J connectivity index is 1.97. The molecule has 0 radical (unpaired) electrons. The van der Waals surface area contributed by atoms with Gasteiger partial charge < -0.3 is 9.14 Å². The van der Waals surface area contributed by atoms with Gasteiger partial charge in [0.1, 0.15) is 23.8 Å². The van der Waals surface area contributed by atoms with Crippen LogP contribution in [0.5, 0.6) is 5.75 Å². The number of pyridine rings is 2. The highest BCUT2D eigenvalue weighted by molar-refractivity contribution is 5.96. The molecule has 3 heterocycles. The highest BCUT2D eigenvalue weighted by Crippen LogP contribution is 2.27. The van der Waals surface area contributed by atoms with Crippen LogP contribution in [0, 0.1) is 11.3 Å². The molecular formula is C22H22F2N4O2. The number of hydrogen-bond donors (Lipinski definition) is 0. The van der Waals surface area contributed by atoms with Crippen LogP contribution in [0.3, 0.4) is 0 Å². The molecule has 1 unspecified atom stereocenters. The van der Waals surface area contributed by atoms with Crippen molar-refractivity contribution in [2.45, 2.75) is 38.8 Å². The third-order valence-corrected chi connectivity index (χ3v) is 4.72. The zero-order valence-corrected chi connectivity index (χ0v) is 17.0. The Bertz CT molecular complexity index is 1120. The fourth-order valence-corrected chi connectivity index (χ4v) is 2.96. The average molecular weight is 412 g/mol. The first-order chi connectivity index (χ1) is 14.3. The van der Waals surface area contributed by atoms with E-state index in [-0.39, 0.29) is 23.6 Å². The zero-order valence-electron chi connectivity index (χ0n) is 17.0. The summed E-state index contributed by atoms with van der Waals surface area (Å²) < 4.78 is 33.6. The summed E-state index contributed by atoms with van der Waals surface area (Å²) in [4.78, 5) is 21.2. The van der Waals surface area contributed by atoms with Crippen LogP contribution in [0.4, 0.5) is 8.78 Å². The van der Waals surface area contributed by atoms with Crippen molar-refractivity contribution in [2.75, 3.05) is 13.3 Å². The SMILES string of the molecule is CCOc1cc2nc(C(C)(C)C#N)cn2cc1CC(=O)c1cccc(C(F)CF)n1. The number of alkyl halides is 2. The van der Waals surface area contributed by atoms with Crippen LogP contribution in [-0.4, -0.2) is 33.4 Å². The molecule has 8 heteroatoms. The fourth-order valence-electron chi connectivity index (χ4n) is 2.96. The van der Waals surface area contributed by atoms with Crippen molar-refractivity contribution in [3.05, 3.63) is 59.3 Å². The van der Waals surface area contributed by atoms with Crippen molar-refractivity contribution < 1.29 is 18.3 Å². The standard InChI is InChI=1S/C22H22F2N4O2/c1-4-30-19-9-21-27-20(22(2,3)13-25)12-28(21)11-14(19)8-18(29)17-7-5-6-16(26-17)15(24)10-23/h5-7,9,11-12,15H,4,8,10H2,1-3H3. The molecular weight excluding hydrogens is 390 g/mol. The number of halogens is 2. The van der Waals surface area contributed by atoms with Gasteiger partial charge in [0.2, 0.25) is 0 Å². The number of aromatic nitrogens is 3. The third-order valence-electron chi connectivity index (χ3n) is 4.72. The van der Waals surface area contributed by atoms with Crippen LogP contribution in [0.1, 0.15) is 54.4 Å². The molecule has 0 aliphatic heterocycles. The summed E-state index contributed by atoms with van der Waals surface area (Å²) in [5.41, 5.74) is 0.978. The summed E-state index contributed by atoms with van der Waals surface area (Å²) in [5, 5.41) is 9.36. The van der Waals surface area contributed by atoms with E-state index in [1.54, 1.807) is 36.7 Å². The van der Waals surface area contributed by atoms with E-state index in [1.807, 2.05) is 6.92 Å². The number of carbonyl (C=O) groups excluding carboxylic acids is 1. The Labute approximate surface area is 173 Å². The van der Waals surface area contributed by atoms with Crippen LogP contribution in [-0.2, 0) is 11.8 Å². The number of Topliss-reactive ketones (excluding diaryl/α,β-unsaturated/α-hetero) is 1.